The number of nitrogen functional groups attached to an aromatic ring is 1. The van der Waals surface area contributed by atoms with E-state index in [1.807, 2.05) is 0 Å². The Hall–Kier alpha value is -1.36. The lowest BCUT2D eigenvalue weighted by atomic mass is 10.0. The molecule has 2 rings (SSSR count). The molecular formula is C14H25N5. The molecule has 1 aromatic rings. The first kappa shape index (κ1) is 14.1. The standard InChI is InChI=1S/C14H25N5/c1-11(2)12-13(18-15)16-10-17-14(12)19-8-6-4-3-5-7-9-19/h10-11H,3-9,15H2,1-2H3,(H,16,17,18). The van der Waals surface area contributed by atoms with Crippen LogP contribution in [0.4, 0.5) is 11.6 Å². The van der Waals surface area contributed by atoms with Crippen LogP contribution < -0.4 is 16.2 Å². The van der Waals surface area contributed by atoms with E-state index in [9.17, 15) is 0 Å². The molecule has 5 heteroatoms. The normalized spacial score (nSPS) is 17.2. The van der Waals surface area contributed by atoms with Crippen LogP contribution >= 0.6 is 0 Å². The van der Waals surface area contributed by atoms with E-state index in [1.54, 1.807) is 6.33 Å². The molecule has 0 amide bonds. The Morgan fingerprint density at radius 1 is 1.11 bits per heavy atom. The van der Waals surface area contributed by atoms with Crippen LogP contribution in [0.1, 0.15) is 57.4 Å². The van der Waals surface area contributed by atoms with Crippen molar-refractivity contribution >= 4 is 11.6 Å². The summed E-state index contributed by atoms with van der Waals surface area (Å²) in [6.07, 6.45) is 8.10. The van der Waals surface area contributed by atoms with Crippen molar-refractivity contribution in [2.45, 2.75) is 51.9 Å². The number of hydrazine groups is 1. The Morgan fingerprint density at radius 3 is 2.32 bits per heavy atom. The molecule has 0 aromatic carbocycles. The summed E-state index contributed by atoms with van der Waals surface area (Å²) in [5.74, 6) is 7.75. The highest BCUT2D eigenvalue weighted by atomic mass is 15.3. The van der Waals surface area contributed by atoms with Crippen molar-refractivity contribution < 1.29 is 0 Å². The molecule has 106 valence electrons. The highest BCUT2D eigenvalue weighted by molar-refractivity contribution is 5.59. The van der Waals surface area contributed by atoms with E-state index < -0.39 is 0 Å². The Labute approximate surface area is 115 Å². The van der Waals surface area contributed by atoms with Gasteiger partial charge in [0.1, 0.15) is 18.0 Å². The molecule has 1 aromatic heterocycles. The maximum atomic E-state index is 5.58. The quantitative estimate of drug-likeness (QED) is 0.648. The molecule has 3 N–H and O–H groups in total. The highest BCUT2D eigenvalue weighted by Crippen LogP contribution is 2.31. The minimum absolute atomic E-state index is 0.354. The monoisotopic (exact) mass is 263 g/mol. The molecule has 2 heterocycles. The first-order chi connectivity index (χ1) is 9.24. The minimum Gasteiger partial charge on any atom is -0.356 e. The molecule has 19 heavy (non-hydrogen) atoms. The van der Waals surface area contributed by atoms with Gasteiger partial charge in [0.25, 0.3) is 0 Å². The zero-order valence-electron chi connectivity index (χ0n) is 12.0. The Bertz CT molecular complexity index is 397. The van der Waals surface area contributed by atoms with E-state index in [2.05, 4.69) is 34.1 Å². The van der Waals surface area contributed by atoms with Gasteiger partial charge in [-0.15, -0.1) is 0 Å². The minimum atomic E-state index is 0.354. The van der Waals surface area contributed by atoms with Gasteiger partial charge in [-0.3, -0.25) is 0 Å². The molecule has 1 saturated heterocycles. The summed E-state index contributed by atoms with van der Waals surface area (Å²) >= 11 is 0. The molecule has 5 nitrogen and oxygen atoms in total. The Morgan fingerprint density at radius 2 is 1.74 bits per heavy atom. The Balaban J connectivity index is 2.30. The van der Waals surface area contributed by atoms with E-state index in [0.29, 0.717) is 5.92 Å². The maximum absolute atomic E-state index is 5.58. The smallest absolute Gasteiger partial charge is 0.148 e. The molecule has 1 aliphatic heterocycles. The van der Waals surface area contributed by atoms with Gasteiger partial charge in [0.15, 0.2) is 0 Å². The van der Waals surface area contributed by atoms with Crippen LogP contribution in [0.3, 0.4) is 0 Å². The summed E-state index contributed by atoms with van der Waals surface area (Å²) in [5.41, 5.74) is 3.84. The molecule has 0 saturated carbocycles. The van der Waals surface area contributed by atoms with Crippen molar-refractivity contribution in [1.29, 1.82) is 0 Å². The van der Waals surface area contributed by atoms with Crippen LogP contribution in [0.2, 0.25) is 0 Å². The molecule has 0 aliphatic carbocycles. The van der Waals surface area contributed by atoms with Crippen LogP contribution in [0.15, 0.2) is 6.33 Å². The maximum Gasteiger partial charge on any atom is 0.148 e. The zero-order valence-corrected chi connectivity index (χ0v) is 12.0. The molecule has 0 radical (unpaired) electrons. The average Bonchev–Trinajstić information content (AvgIpc) is 2.37. The SMILES string of the molecule is CC(C)c1c(NN)ncnc1N1CCCCCCC1. The lowest BCUT2D eigenvalue weighted by Crippen LogP contribution is -2.30. The fraction of sp³-hybridized carbons (Fsp3) is 0.714. The van der Waals surface area contributed by atoms with Gasteiger partial charge in [-0.1, -0.05) is 33.1 Å². The first-order valence-electron chi connectivity index (χ1n) is 7.30. The zero-order chi connectivity index (χ0) is 13.7. The number of aromatic nitrogens is 2. The molecular weight excluding hydrogens is 238 g/mol. The van der Waals surface area contributed by atoms with Gasteiger partial charge in [0.2, 0.25) is 0 Å². The molecule has 1 fully saturated rings. The van der Waals surface area contributed by atoms with E-state index in [1.165, 1.54) is 32.1 Å². The number of hydrogen-bond donors (Lipinski definition) is 2. The summed E-state index contributed by atoms with van der Waals surface area (Å²) in [5, 5.41) is 0. The second kappa shape index (κ2) is 6.70. The highest BCUT2D eigenvalue weighted by Gasteiger charge is 2.19. The molecule has 0 bridgehead atoms. The van der Waals surface area contributed by atoms with E-state index in [0.717, 1.165) is 30.3 Å². The topological polar surface area (TPSA) is 67.1 Å². The summed E-state index contributed by atoms with van der Waals surface area (Å²) in [6.45, 7) is 6.49. The summed E-state index contributed by atoms with van der Waals surface area (Å²) in [4.78, 5) is 11.2. The van der Waals surface area contributed by atoms with E-state index in [4.69, 9.17) is 5.84 Å². The second-order valence-corrected chi connectivity index (χ2v) is 5.51. The third-order valence-corrected chi connectivity index (χ3v) is 3.73. The second-order valence-electron chi connectivity index (χ2n) is 5.51. The van der Waals surface area contributed by atoms with Gasteiger partial charge in [0.05, 0.1) is 0 Å². The van der Waals surface area contributed by atoms with Crippen molar-refractivity contribution in [2.24, 2.45) is 5.84 Å². The third kappa shape index (κ3) is 3.35. The van der Waals surface area contributed by atoms with Gasteiger partial charge in [0, 0.05) is 18.7 Å². The van der Waals surface area contributed by atoms with Crippen molar-refractivity contribution in [3.05, 3.63) is 11.9 Å². The summed E-state index contributed by atoms with van der Waals surface area (Å²) in [6, 6.07) is 0. The number of nitrogens with one attached hydrogen (secondary N) is 1. The van der Waals surface area contributed by atoms with Crippen LogP contribution in [0.25, 0.3) is 0 Å². The average molecular weight is 263 g/mol. The predicted molar refractivity (Wildman–Crippen MR) is 79.2 cm³/mol. The fourth-order valence-electron chi connectivity index (χ4n) is 2.74. The molecule has 1 aliphatic rings. The number of anilines is 2. The summed E-state index contributed by atoms with van der Waals surface area (Å²) in [7, 11) is 0. The fourth-order valence-corrected chi connectivity index (χ4v) is 2.74. The third-order valence-electron chi connectivity index (χ3n) is 3.73. The van der Waals surface area contributed by atoms with Crippen LogP contribution in [0, 0.1) is 0 Å². The number of nitrogens with zero attached hydrogens (tertiary/aromatic N) is 3. The van der Waals surface area contributed by atoms with Gasteiger partial charge in [-0.2, -0.15) is 0 Å². The number of hydrogen-bond acceptors (Lipinski definition) is 5. The largest absolute Gasteiger partial charge is 0.356 e. The van der Waals surface area contributed by atoms with Crippen LogP contribution in [-0.2, 0) is 0 Å². The van der Waals surface area contributed by atoms with Crippen molar-refractivity contribution in [3.63, 3.8) is 0 Å². The van der Waals surface area contributed by atoms with Gasteiger partial charge in [-0.05, 0) is 18.8 Å². The predicted octanol–water partition coefficient (Wildman–Crippen LogP) is 2.66. The van der Waals surface area contributed by atoms with Gasteiger partial charge in [-0.25, -0.2) is 15.8 Å². The lowest BCUT2D eigenvalue weighted by Gasteiger charge is -2.29. The summed E-state index contributed by atoms with van der Waals surface area (Å²) < 4.78 is 0. The van der Waals surface area contributed by atoms with Crippen molar-refractivity contribution in [1.82, 2.24) is 9.97 Å². The number of rotatable bonds is 3. The van der Waals surface area contributed by atoms with Crippen LogP contribution in [-0.4, -0.2) is 23.1 Å². The first-order valence-corrected chi connectivity index (χ1v) is 7.30. The van der Waals surface area contributed by atoms with E-state index in [-0.39, 0.29) is 0 Å². The molecule has 0 unspecified atom stereocenters. The van der Waals surface area contributed by atoms with Crippen molar-refractivity contribution in [2.75, 3.05) is 23.4 Å². The Kier molecular flexibility index (Phi) is 4.96. The van der Waals surface area contributed by atoms with Gasteiger partial charge >= 0.3 is 0 Å². The molecule has 0 spiro atoms. The van der Waals surface area contributed by atoms with Crippen molar-refractivity contribution in [3.8, 4) is 0 Å². The lowest BCUT2D eigenvalue weighted by molar-refractivity contribution is 0.551. The number of nitrogens with two attached hydrogens (primary N) is 1. The molecule has 0 atom stereocenters. The van der Waals surface area contributed by atoms with E-state index >= 15 is 0 Å². The van der Waals surface area contributed by atoms with Crippen LogP contribution in [0.5, 0.6) is 0 Å². The van der Waals surface area contributed by atoms with Gasteiger partial charge < -0.3 is 10.3 Å².